The molecule has 2 aromatic carbocycles. The van der Waals surface area contributed by atoms with Crippen LogP contribution in [0.1, 0.15) is 55.3 Å². The number of benzene rings is 2. The number of halogens is 1. The molecular formula is C27H27ClN6O. The Morgan fingerprint density at radius 1 is 1.20 bits per heavy atom. The van der Waals surface area contributed by atoms with Gasteiger partial charge in [0.2, 0.25) is 0 Å². The lowest BCUT2D eigenvalue weighted by molar-refractivity contribution is 0.413. The van der Waals surface area contributed by atoms with Crippen LogP contribution in [0.15, 0.2) is 48.9 Å². The topological polar surface area (TPSA) is 81.5 Å². The van der Waals surface area contributed by atoms with E-state index in [2.05, 4.69) is 17.1 Å². The third-order valence-corrected chi connectivity index (χ3v) is 7.02. The van der Waals surface area contributed by atoms with E-state index in [1.54, 1.807) is 13.4 Å². The van der Waals surface area contributed by atoms with E-state index in [9.17, 15) is 5.26 Å². The highest BCUT2D eigenvalue weighted by atomic mass is 35.5. The van der Waals surface area contributed by atoms with Gasteiger partial charge in [-0.2, -0.15) is 10.4 Å². The van der Waals surface area contributed by atoms with Crippen molar-refractivity contribution in [3.8, 4) is 28.9 Å². The molecule has 0 unspecified atom stereocenters. The second-order valence-electron chi connectivity index (χ2n) is 9.49. The molecule has 4 aromatic rings. The Morgan fingerprint density at radius 3 is 2.74 bits per heavy atom. The molecule has 0 N–H and O–H groups in total. The highest BCUT2D eigenvalue weighted by molar-refractivity contribution is 6.31. The smallest absolute Gasteiger partial charge is 0.181 e. The largest absolute Gasteiger partial charge is 0.495 e. The fraction of sp³-hybridized carbons (Fsp3) is 0.333. The van der Waals surface area contributed by atoms with Crippen LogP contribution >= 0.6 is 11.6 Å². The summed E-state index contributed by atoms with van der Waals surface area (Å²) in [7, 11) is 1.66. The molecule has 3 heterocycles. The summed E-state index contributed by atoms with van der Waals surface area (Å²) in [5.41, 5.74) is 4.07. The first-order valence-corrected chi connectivity index (χ1v) is 12.0. The van der Waals surface area contributed by atoms with Gasteiger partial charge in [-0.05, 0) is 69.0 Å². The van der Waals surface area contributed by atoms with E-state index in [-0.39, 0.29) is 5.92 Å². The maximum atomic E-state index is 9.62. The average molecular weight is 487 g/mol. The molecule has 0 fully saturated rings. The Kier molecular flexibility index (Phi) is 5.86. The van der Waals surface area contributed by atoms with Gasteiger partial charge in [-0.15, -0.1) is 0 Å². The van der Waals surface area contributed by atoms with Gasteiger partial charge in [-0.1, -0.05) is 23.7 Å². The molecule has 0 amide bonds. The van der Waals surface area contributed by atoms with Crippen LogP contribution in [0.4, 0.5) is 0 Å². The molecule has 1 aliphatic rings. The number of rotatable bonds is 5. The van der Waals surface area contributed by atoms with Crippen LogP contribution in [0.25, 0.3) is 17.1 Å². The van der Waals surface area contributed by atoms with Gasteiger partial charge >= 0.3 is 0 Å². The second-order valence-corrected chi connectivity index (χ2v) is 9.90. The number of hydrogen-bond acceptors (Lipinski definition) is 5. The zero-order chi connectivity index (χ0) is 24.7. The lowest BCUT2D eigenvalue weighted by Crippen LogP contribution is -2.20. The monoisotopic (exact) mass is 486 g/mol. The van der Waals surface area contributed by atoms with Crippen molar-refractivity contribution < 1.29 is 4.74 Å². The number of imidazole rings is 1. The van der Waals surface area contributed by atoms with E-state index >= 15 is 0 Å². The molecule has 178 valence electrons. The molecule has 1 atom stereocenters. The maximum Gasteiger partial charge on any atom is 0.181 e. The first-order chi connectivity index (χ1) is 16.8. The summed E-state index contributed by atoms with van der Waals surface area (Å²) in [4.78, 5) is 9.28. The van der Waals surface area contributed by atoms with Gasteiger partial charge in [0.05, 0.1) is 36.3 Å². The predicted molar refractivity (Wildman–Crippen MR) is 135 cm³/mol. The fourth-order valence-electron chi connectivity index (χ4n) is 4.61. The van der Waals surface area contributed by atoms with Crippen LogP contribution in [0.3, 0.4) is 0 Å². The highest BCUT2D eigenvalue weighted by Gasteiger charge is 2.30. The van der Waals surface area contributed by atoms with E-state index in [0.717, 1.165) is 59.0 Å². The number of nitriles is 1. The number of aryl methyl sites for hydroxylation is 2. The van der Waals surface area contributed by atoms with Gasteiger partial charge in [0.1, 0.15) is 11.6 Å². The van der Waals surface area contributed by atoms with E-state index in [1.165, 1.54) is 0 Å². The molecule has 8 heteroatoms. The summed E-state index contributed by atoms with van der Waals surface area (Å²) >= 11 is 6.67. The highest BCUT2D eigenvalue weighted by Crippen LogP contribution is 2.39. The summed E-state index contributed by atoms with van der Waals surface area (Å²) in [6, 6.07) is 14.2. The summed E-state index contributed by atoms with van der Waals surface area (Å²) in [5.74, 6) is 2.29. The van der Waals surface area contributed by atoms with Crippen molar-refractivity contribution in [2.24, 2.45) is 0 Å². The Bertz CT molecular complexity index is 1440. The summed E-state index contributed by atoms with van der Waals surface area (Å²) in [6.07, 6.45) is 5.64. The van der Waals surface area contributed by atoms with E-state index in [4.69, 9.17) is 26.4 Å². The molecule has 0 radical (unpaired) electrons. The Hall–Kier alpha value is -3.63. The van der Waals surface area contributed by atoms with Crippen LogP contribution in [0, 0.1) is 18.3 Å². The first kappa shape index (κ1) is 23.1. The minimum atomic E-state index is -0.598. The van der Waals surface area contributed by atoms with Crippen LogP contribution in [-0.4, -0.2) is 31.4 Å². The minimum Gasteiger partial charge on any atom is -0.495 e. The van der Waals surface area contributed by atoms with Gasteiger partial charge in [0.25, 0.3) is 0 Å². The Balaban J connectivity index is 1.54. The Labute approximate surface area is 210 Å². The molecule has 0 saturated carbocycles. The molecular weight excluding hydrogens is 460 g/mol. The molecule has 1 aliphatic heterocycles. The predicted octanol–water partition coefficient (Wildman–Crippen LogP) is 5.83. The van der Waals surface area contributed by atoms with Crippen molar-refractivity contribution in [3.05, 3.63) is 76.6 Å². The van der Waals surface area contributed by atoms with Crippen LogP contribution in [0.2, 0.25) is 5.02 Å². The SMILES string of the molecule is COc1cc(-c2nc3n(n2)CCC[C@@H]3c2cc(C(C)(C)C#N)ccc2Cl)ccc1-n1cnc(C)c1. The van der Waals surface area contributed by atoms with Crippen molar-refractivity contribution in [2.75, 3.05) is 7.11 Å². The zero-order valence-corrected chi connectivity index (χ0v) is 21.0. The van der Waals surface area contributed by atoms with Crippen molar-refractivity contribution in [1.29, 1.82) is 5.26 Å². The van der Waals surface area contributed by atoms with Crippen molar-refractivity contribution in [1.82, 2.24) is 24.3 Å². The third kappa shape index (κ3) is 4.19. The molecule has 35 heavy (non-hydrogen) atoms. The average Bonchev–Trinajstić information content (AvgIpc) is 3.50. The number of aromatic nitrogens is 5. The summed E-state index contributed by atoms with van der Waals surface area (Å²) in [6.45, 7) is 6.60. The number of methoxy groups -OCH3 is 1. The fourth-order valence-corrected chi connectivity index (χ4v) is 4.86. The maximum absolute atomic E-state index is 9.62. The first-order valence-electron chi connectivity index (χ1n) is 11.7. The van der Waals surface area contributed by atoms with E-state index < -0.39 is 5.41 Å². The number of fused-ring (bicyclic) bond motifs is 1. The molecule has 0 bridgehead atoms. The van der Waals surface area contributed by atoms with Gasteiger partial charge in [0, 0.05) is 29.2 Å². The van der Waals surface area contributed by atoms with Crippen LogP contribution in [-0.2, 0) is 12.0 Å². The van der Waals surface area contributed by atoms with Gasteiger partial charge < -0.3 is 9.30 Å². The van der Waals surface area contributed by atoms with Crippen LogP contribution < -0.4 is 4.74 Å². The van der Waals surface area contributed by atoms with Gasteiger partial charge in [0.15, 0.2) is 5.82 Å². The molecule has 5 rings (SSSR count). The van der Waals surface area contributed by atoms with Crippen molar-refractivity contribution >= 4 is 11.6 Å². The lowest BCUT2D eigenvalue weighted by Gasteiger charge is -2.25. The second kappa shape index (κ2) is 8.86. The number of hydrogen-bond donors (Lipinski definition) is 0. The van der Waals surface area contributed by atoms with E-state index in [1.807, 2.05) is 66.5 Å². The lowest BCUT2D eigenvalue weighted by atomic mass is 9.82. The van der Waals surface area contributed by atoms with Gasteiger partial charge in [-0.25, -0.2) is 14.6 Å². The van der Waals surface area contributed by atoms with Crippen molar-refractivity contribution in [3.63, 3.8) is 0 Å². The minimum absolute atomic E-state index is 0.0158. The molecule has 2 aromatic heterocycles. The summed E-state index contributed by atoms with van der Waals surface area (Å²) in [5, 5.41) is 15.1. The summed E-state index contributed by atoms with van der Waals surface area (Å²) < 4.78 is 9.61. The van der Waals surface area contributed by atoms with Crippen molar-refractivity contribution in [2.45, 2.75) is 51.5 Å². The molecule has 0 aliphatic carbocycles. The van der Waals surface area contributed by atoms with Gasteiger partial charge in [-0.3, -0.25) is 0 Å². The standard InChI is InChI=1S/C27H27ClN6O/c1-17-14-33(16-30-17)23-10-7-18(12-24(23)35-4)25-31-26-20(6-5-11-34(26)32-25)21-13-19(8-9-22(21)28)27(2,3)15-29/h7-10,12-14,16,20H,5-6,11H2,1-4H3/t20-/m1/s1. The zero-order valence-electron chi connectivity index (χ0n) is 20.3. The Morgan fingerprint density at radius 2 is 2.03 bits per heavy atom. The molecule has 0 spiro atoms. The van der Waals surface area contributed by atoms with E-state index in [0.29, 0.717) is 10.8 Å². The van der Waals surface area contributed by atoms with Crippen LogP contribution in [0.5, 0.6) is 5.75 Å². The third-order valence-electron chi connectivity index (χ3n) is 6.68. The number of ether oxygens (including phenoxy) is 1. The molecule has 0 saturated heterocycles. The normalized spacial score (nSPS) is 15.5. The molecule has 7 nitrogen and oxygen atoms in total. The number of nitrogens with zero attached hydrogens (tertiary/aromatic N) is 6. The quantitative estimate of drug-likeness (QED) is 0.354.